The summed E-state index contributed by atoms with van der Waals surface area (Å²) in [6, 6.07) is 8.47. The molecule has 0 unspecified atom stereocenters. The first-order chi connectivity index (χ1) is 18.1. The van der Waals surface area contributed by atoms with E-state index in [0.717, 1.165) is 59.1 Å². The molecule has 1 amide bonds. The van der Waals surface area contributed by atoms with Gasteiger partial charge in [-0.25, -0.2) is 9.78 Å². The van der Waals surface area contributed by atoms with Crippen molar-refractivity contribution in [2.45, 2.75) is 25.1 Å². The largest absolute Gasteiger partial charge is 0.490 e. The second kappa shape index (κ2) is 11.3. The molecule has 1 fully saturated rings. The van der Waals surface area contributed by atoms with Crippen LogP contribution in [0.1, 0.15) is 23.2 Å². The Labute approximate surface area is 220 Å². The Hall–Kier alpha value is -3.84. The fourth-order valence-corrected chi connectivity index (χ4v) is 4.97. The smallest absolute Gasteiger partial charge is 0.475 e. The summed E-state index contributed by atoms with van der Waals surface area (Å²) in [4.78, 5) is 39.8. The van der Waals surface area contributed by atoms with Gasteiger partial charge in [0.15, 0.2) is 0 Å². The normalized spacial score (nSPS) is 14.4. The third-order valence-electron chi connectivity index (χ3n) is 6.18. The number of fused-ring (bicyclic) bond motifs is 1. The predicted octanol–water partition coefficient (Wildman–Crippen LogP) is 4.32. The van der Waals surface area contributed by atoms with Crippen LogP contribution in [-0.2, 0) is 4.79 Å². The van der Waals surface area contributed by atoms with Crippen LogP contribution in [0.3, 0.4) is 0 Å². The lowest BCUT2D eigenvalue weighted by Crippen LogP contribution is -2.44. The summed E-state index contributed by atoms with van der Waals surface area (Å²) >= 11 is 1.53. The summed E-state index contributed by atoms with van der Waals surface area (Å²) in [7, 11) is 4.22. The minimum atomic E-state index is -5.08. The molecule has 1 aliphatic rings. The third-order valence-corrected chi connectivity index (χ3v) is 7.05. The van der Waals surface area contributed by atoms with E-state index in [0.29, 0.717) is 6.04 Å². The molecule has 38 heavy (non-hydrogen) atoms. The highest BCUT2D eigenvalue weighted by Gasteiger charge is 2.38. The maximum atomic E-state index is 13.4. The minimum absolute atomic E-state index is 0.0940. The topological polar surface area (TPSA) is 104 Å². The molecule has 0 spiro atoms. The van der Waals surface area contributed by atoms with Gasteiger partial charge in [0.25, 0.3) is 5.91 Å². The van der Waals surface area contributed by atoms with Crippen LogP contribution in [-0.4, -0.2) is 85.5 Å². The molecule has 200 valence electrons. The fourth-order valence-electron chi connectivity index (χ4n) is 4.20. The Bertz CT molecular complexity index is 1410. The van der Waals surface area contributed by atoms with E-state index in [1.54, 1.807) is 18.6 Å². The number of carbonyl (C=O) groups is 2. The van der Waals surface area contributed by atoms with E-state index in [-0.39, 0.29) is 5.91 Å². The van der Waals surface area contributed by atoms with Gasteiger partial charge in [0, 0.05) is 43.1 Å². The minimum Gasteiger partial charge on any atom is -0.475 e. The van der Waals surface area contributed by atoms with E-state index in [2.05, 4.69) is 33.4 Å². The van der Waals surface area contributed by atoms with Gasteiger partial charge in [-0.3, -0.25) is 14.8 Å². The summed E-state index contributed by atoms with van der Waals surface area (Å²) in [5.74, 6) is -2.66. The van der Waals surface area contributed by atoms with Crippen LogP contribution in [0.25, 0.3) is 27.6 Å². The molecule has 0 saturated carbocycles. The van der Waals surface area contributed by atoms with Gasteiger partial charge in [0.2, 0.25) is 0 Å². The number of amides is 1. The molecular weight excluding hydrogens is 521 g/mol. The van der Waals surface area contributed by atoms with Crippen molar-refractivity contribution in [3.05, 3.63) is 60.0 Å². The number of likely N-dealkylation sites (tertiary alicyclic amines) is 1. The summed E-state index contributed by atoms with van der Waals surface area (Å²) < 4.78 is 33.8. The van der Waals surface area contributed by atoms with Crippen molar-refractivity contribution in [1.82, 2.24) is 29.2 Å². The van der Waals surface area contributed by atoms with E-state index in [1.807, 2.05) is 40.7 Å². The molecule has 5 rings (SSSR count). The van der Waals surface area contributed by atoms with Crippen molar-refractivity contribution in [3.63, 3.8) is 0 Å². The van der Waals surface area contributed by atoms with Gasteiger partial charge in [-0.1, -0.05) is 6.07 Å². The number of hydrogen-bond donors (Lipinski definition) is 1. The van der Waals surface area contributed by atoms with Crippen LogP contribution in [0.15, 0.2) is 54.4 Å². The van der Waals surface area contributed by atoms with Crippen molar-refractivity contribution in [1.29, 1.82) is 0 Å². The van der Waals surface area contributed by atoms with E-state index < -0.39 is 12.1 Å². The first-order valence-corrected chi connectivity index (χ1v) is 12.5. The zero-order valence-electron chi connectivity index (χ0n) is 20.6. The number of nitrogens with zero attached hydrogens (tertiary/aromatic N) is 6. The standard InChI is InChI=1S/C23H24N6OS.C2HF3O2/c1-27(2)16-6-11-28(12-7-16)23(30)17-13-21(29-10-4-3-5-20(17)29)19-15-31-22(26-19)18-14-24-8-9-25-18;3-2(4,5)1(6)7/h3-5,8-10,13-16H,6-7,11-12H2,1-2H3;(H,6,7). The second-order valence-electron chi connectivity index (χ2n) is 8.82. The first kappa shape index (κ1) is 27.2. The number of hydrogen-bond acceptors (Lipinski definition) is 7. The number of carboxylic acids is 1. The van der Waals surface area contributed by atoms with Crippen molar-refractivity contribution in [2.75, 3.05) is 27.2 Å². The van der Waals surface area contributed by atoms with Crippen molar-refractivity contribution in [3.8, 4) is 22.1 Å². The lowest BCUT2D eigenvalue weighted by molar-refractivity contribution is -0.192. The number of carbonyl (C=O) groups excluding carboxylic acids is 1. The van der Waals surface area contributed by atoms with E-state index in [4.69, 9.17) is 14.9 Å². The van der Waals surface area contributed by atoms with Gasteiger partial charge < -0.3 is 19.3 Å². The van der Waals surface area contributed by atoms with Crippen molar-refractivity contribution >= 4 is 28.7 Å². The fraction of sp³-hybridized carbons (Fsp3) is 0.320. The van der Waals surface area contributed by atoms with Crippen LogP contribution in [0.4, 0.5) is 13.2 Å². The first-order valence-electron chi connectivity index (χ1n) is 11.6. The highest BCUT2D eigenvalue weighted by molar-refractivity contribution is 7.13. The number of piperidine rings is 1. The Balaban J connectivity index is 0.000000426. The quantitative estimate of drug-likeness (QED) is 0.407. The molecule has 9 nitrogen and oxygen atoms in total. The molecule has 0 aromatic carbocycles. The van der Waals surface area contributed by atoms with E-state index >= 15 is 0 Å². The molecule has 0 atom stereocenters. The van der Waals surface area contributed by atoms with Gasteiger partial charge >= 0.3 is 12.1 Å². The van der Waals surface area contributed by atoms with Gasteiger partial charge in [0.1, 0.15) is 10.7 Å². The van der Waals surface area contributed by atoms with E-state index in [9.17, 15) is 18.0 Å². The number of pyridine rings is 1. The molecule has 0 aliphatic carbocycles. The number of rotatable bonds is 4. The maximum absolute atomic E-state index is 13.4. The van der Waals surface area contributed by atoms with Gasteiger partial charge in [-0.2, -0.15) is 13.2 Å². The molecule has 4 aromatic heterocycles. The number of aromatic nitrogens is 4. The summed E-state index contributed by atoms with van der Waals surface area (Å²) in [6.45, 7) is 1.57. The highest BCUT2D eigenvalue weighted by atomic mass is 32.1. The molecule has 1 saturated heterocycles. The Morgan fingerprint density at radius 1 is 1.13 bits per heavy atom. The zero-order chi connectivity index (χ0) is 27.4. The SMILES string of the molecule is CN(C)C1CCN(C(=O)c2cc(-c3csc(-c4cnccn4)n3)n3ccccc23)CC1.O=C(O)C(F)(F)F. The monoisotopic (exact) mass is 546 g/mol. The third kappa shape index (κ3) is 6.00. The Morgan fingerprint density at radius 3 is 2.45 bits per heavy atom. The van der Waals surface area contributed by atoms with Crippen LogP contribution in [0.2, 0.25) is 0 Å². The van der Waals surface area contributed by atoms with Crippen LogP contribution >= 0.6 is 11.3 Å². The second-order valence-corrected chi connectivity index (χ2v) is 9.68. The van der Waals surface area contributed by atoms with Crippen LogP contribution in [0, 0.1) is 0 Å². The number of carboxylic acid groups (broad SMARTS) is 1. The molecule has 0 bridgehead atoms. The predicted molar refractivity (Wildman–Crippen MR) is 136 cm³/mol. The molecule has 0 radical (unpaired) electrons. The zero-order valence-corrected chi connectivity index (χ0v) is 21.4. The number of halogens is 3. The molecule has 1 N–H and O–H groups in total. The summed E-state index contributed by atoms with van der Waals surface area (Å²) in [5, 5.41) is 9.95. The lowest BCUT2D eigenvalue weighted by Gasteiger charge is -2.35. The maximum Gasteiger partial charge on any atom is 0.490 e. The van der Waals surface area contributed by atoms with Crippen LogP contribution in [0.5, 0.6) is 0 Å². The molecule has 5 heterocycles. The van der Waals surface area contributed by atoms with Crippen LogP contribution < -0.4 is 0 Å². The average molecular weight is 547 g/mol. The highest BCUT2D eigenvalue weighted by Crippen LogP contribution is 2.31. The molecular formula is C25H25F3N6O3S. The number of aliphatic carboxylic acids is 1. The molecule has 1 aliphatic heterocycles. The van der Waals surface area contributed by atoms with Gasteiger partial charge in [0.05, 0.1) is 28.7 Å². The summed E-state index contributed by atoms with van der Waals surface area (Å²) in [5.41, 5.74) is 4.13. The Morgan fingerprint density at radius 2 is 1.84 bits per heavy atom. The lowest BCUT2D eigenvalue weighted by atomic mass is 10.0. The van der Waals surface area contributed by atoms with Crippen molar-refractivity contribution in [2.24, 2.45) is 0 Å². The van der Waals surface area contributed by atoms with Gasteiger partial charge in [-0.15, -0.1) is 11.3 Å². The Kier molecular flexibility index (Phi) is 8.07. The van der Waals surface area contributed by atoms with Gasteiger partial charge in [-0.05, 0) is 45.1 Å². The summed E-state index contributed by atoms with van der Waals surface area (Å²) in [6.07, 6.45) is 3.94. The average Bonchev–Trinajstić information content (AvgIpc) is 3.54. The number of thiazole rings is 1. The molecule has 13 heteroatoms. The number of alkyl halides is 3. The van der Waals surface area contributed by atoms with E-state index in [1.165, 1.54) is 11.3 Å². The molecule has 4 aromatic rings. The van der Waals surface area contributed by atoms with Crippen molar-refractivity contribution < 1.29 is 27.9 Å².